The number of aromatic nitrogens is 3. The first-order valence-corrected chi connectivity index (χ1v) is 11.5. The van der Waals surface area contributed by atoms with E-state index >= 15 is 0 Å². The summed E-state index contributed by atoms with van der Waals surface area (Å²) in [5, 5.41) is 0.955. The summed E-state index contributed by atoms with van der Waals surface area (Å²) in [7, 11) is 0. The van der Waals surface area contributed by atoms with Crippen LogP contribution in [0.3, 0.4) is 0 Å². The van der Waals surface area contributed by atoms with Crippen molar-refractivity contribution >= 4 is 40.1 Å². The SMILES string of the molecule is CC1(C)Sc2ccc(CCC3CCC(n4ccc5c(N)ncnc54)C3)cc2N=C1N. The van der Waals surface area contributed by atoms with Crippen LogP contribution in [0.2, 0.25) is 0 Å². The van der Waals surface area contributed by atoms with Crippen LogP contribution in [0.25, 0.3) is 11.0 Å². The molecule has 1 aliphatic heterocycles. The van der Waals surface area contributed by atoms with Crippen molar-refractivity contribution < 1.29 is 0 Å². The van der Waals surface area contributed by atoms with Crippen molar-refractivity contribution in [3.63, 3.8) is 0 Å². The Morgan fingerprint density at radius 3 is 2.90 bits per heavy atom. The zero-order valence-corrected chi connectivity index (χ0v) is 18.3. The van der Waals surface area contributed by atoms with Crippen molar-refractivity contribution in [3.8, 4) is 0 Å². The smallest absolute Gasteiger partial charge is 0.145 e. The van der Waals surface area contributed by atoms with E-state index < -0.39 is 0 Å². The maximum absolute atomic E-state index is 6.17. The predicted octanol–water partition coefficient (Wildman–Crippen LogP) is 4.86. The molecule has 1 aromatic carbocycles. The molecule has 2 unspecified atom stereocenters. The average Bonchev–Trinajstić information content (AvgIpc) is 3.34. The third kappa shape index (κ3) is 3.45. The van der Waals surface area contributed by atoms with Gasteiger partial charge in [-0.05, 0) is 75.6 Å². The number of hydrogen-bond donors (Lipinski definition) is 2. The zero-order valence-electron chi connectivity index (χ0n) is 17.5. The maximum Gasteiger partial charge on any atom is 0.145 e. The second-order valence-electron chi connectivity index (χ2n) is 9.00. The lowest BCUT2D eigenvalue weighted by Gasteiger charge is -2.28. The number of nitrogens with two attached hydrogens (primary N) is 2. The molecule has 0 saturated heterocycles. The minimum absolute atomic E-state index is 0.133. The van der Waals surface area contributed by atoms with Gasteiger partial charge < -0.3 is 16.0 Å². The van der Waals surface area contributed by atoms with E-state index in [1.165, 1.54) is 36.1 Å². The van der Waals surface area contributed by atoms with Gasteiger partial charge in [0.05, 0.1) is 15.8 Å². The van der Waals surface area contributed by atoms with Crippen molar-refractivity contribution in [3.05, 3.63) is 42.4 Å². The fourth-order valence-corrected chi connectivity index (χ4v) is 5.75. The zero-order chi connectivity index (χ0) is 20.9. The number of aliphatic imine (C=N–C) groups is 1. The molecule has 2 atom stereocenters. The van der Waals surface area contributed by atoms with Gasteiger partial charge in [0.2, 0.25) is 0 Å². The van der Waals surface area contributed by atoms with Crippen LogP contribution in [0, 0.1) is 5.92 Å². The van der Waals surface area contributed by atoms with Gasteiger partial charge in [0, 0.05) is 17.1 Å². The molecule has 6 nitrogen and oxygen atoms in total. The van der Waals surface area contributed by atoms with Crippen LogP contribution in [0.15, 0.2) is 46.7 Å². The molecular weight excluding hydrogens is 392 g/mol. The summed E-state index contributed by atoms with van der Waals surface area (Å²) >= 11 is 1.80. The van der Waals surface area contributed by atoms with Gasteiger partial charge in [-0.1, -0.05) is 6.07 Å². The molecule has 3 heterocycles. The first-order chi connectivity index (χ1) is 14.4. The van der Waals surface area contributed by atoms with E-state index in [4.69, 9.17) is 11.5 Å². The van der Waals surface area contributed by atoms with Crippen LogP contribution >= 0.6 is 11.8 Å². The molecule has 0 amide bonds. The molecule has 0 radical (unpaired) electrons. The Morgan fingerprint density at radius 1 is 1.17 bits per heavy atom. The van der Waals surface area contributed by atoms with Gasteiger partial charge in [-0.15, -0.1) is 11.8 Å². The summed E-state index contributed by atoms with van der Waals surface area (Å²) in [5.74, 6) is 1.99. The van der Waals surface area contributed by atoms with E-state index in [1.807, 2.05) is 6.07 Å². The Balaban J connectivity index is 1.25. The molecule has 2 aliphatic rings. The highest BCUT2D eigenvalue weighted by atomic mass is 32.2. The van der Waals surface area contributed by atoms with Crippen molar-refractivity contribution in [2.24, 2.45) is 16.6 Å². The number of benzene rings is 1. The second-order valence-corrected chi connectivity index (χ2v) is 10.7. The lowest BCUT2D eigenvalue weighted by molar-refractivity contribution is 0.461. The standard InChI is InChI=1S/C23H28N6S/c1-23(2)22(25)28-18-12-15(6-8-19(18)30-23)4-3-14-5-7-16(11-14)29-10-9-17-20(24)26-13-27-21(17)29/h6,8-10,12-14,16H,3-5,7,11H2,1-2H3,(H2,25,28)(H2,24,26,27). The number of fused-ring (bicyclic) bond motifs is 2. The Bertz CT molecular complexity index is 1130. The highest BCUT2D eigenvalue weighted by molar-refractivity contribution is 8.01. The molecule has 4 N–H and O–H groups in total. The van der Waals surface area contributed by atoms with Gasteiger partial charge >= 0.3 is 0 Å². The van der Waals surface area contributed by atoms with E-state index in [-0.39, 0.29) is 4.75 Å². The number of nitrogen functional groups attached to an aromatic ring is 1. The predicted molar refractivity (Wildman–Crippen MR) is 124 cm³/mol. The quantitative estimate of drug-likeness (QED) is 0.628. The number of thioether (sulfide) groups is 1. The molecule has 5 rings (SSSR count). The van der Waals surface area contributed by atoms with E-state index in [0.29, 0.717) is 17.7 Å². The van der Waals surface area contributed by atoms with Crippen molar-refractivity contribution in [2.45, 2.75) is 61.6 Å². The number of aryl methyl sites for hydroxylation is 1. The molecule has 1 aliphatic carbocycles. The Kier molecular flexibility index (Phi) is 4.73. The fourth-order valence-electron chi connectivity index (χ4n) is 4.70. The van der Waals surface area contributed by atoms with Gasteiger partial charge in [0.1, 0.15) is 23.6 Å². The molecule has 3 aromatic rings. The Hall–Kier alpha value is -2.54. The molecule has 0 bridgehead atoms. The van der Waals surface area contributed by atoms with E-state index in [1.54, 1.807) is 18.1 Å². The second kappa shape index (κ2) is 7.30. The first kappa shape index (κ1) is 19.4. The summed E-state index contributed by atoms with van der Waals surface area (Å²) in [6.45, 7) is 4.25. The van der Waals surface area contributed by atoms with Crippen LogP contribution < -0.4 is 11.5 Å². The molecule has 2 aromatic heterocycles. The lowest BCUT2D eigenvalue weighted by atomic mass is 9.97. The van der Waals surface area contributed by atoms with Crippen LogP contribution in [-0.2, 0) is 6.42 Å². The normalized spacial score (nSPS) is 22.8. The molecule has 30 heavy (non-hydrogen) atoms. The highest BCUT2D eigenvalue weighted by Gasteiger charge is 2.30. The van der Waals surface area contributed by atoms with Gasteiger partial charge in [-0.2, -0.15) is 0 Å². The minimum atomic E-state index is -0.133. The summed E-state index contributed by atoms with van der Waals surface area (Å²) < 4.78 is 2.16. The fraction of sp³-hybridized carbons (Fsp3) is 0.435. The largest absolute Gasteiger partial charge is 0.386 e. The van der Waals surface area contributed by atoms with Crippen molar-refractivity contribution in [1.29, 1.82) is 0 Å². The third-order valence-electron chi connectivity index (χ3n) is 6.53. The highest BCUT2D eigenvalue weighted by Crippen LogP contribution is 2.44. The van der Waals surface area contributed by atoms with E-state index in [2.05, 4.69) is 57.8 Å². The topological polar surface area (TPSA) is 95.1 Å². The van der Waals surface area contributed by atoms with Crippen LogP contribution in [-0.4, -0.2) is 25.1 Å². The molecule has 7 heteroatoms. The summed E-state index contributed by atoms with van der Waals surface area (Å²) in [6, 6.07) is 9.21. The minimum Gasteiger partial charge on any atom is -0.386 e. The Morgan fingerprint density at radius 2 is 2.03 bits per heavy atom. The summed E-state index contributed by atoms with van der Waals surface area (Å²) in [4.78, 5) is 14.5. The Labute approximate surface area is 181 Å². The van der Waals surface area contributed by atoms with Gasteiger partial charge in [0.15, 0.2) is 0 Å². The number of nitrogens with zero attached hydrogens (tertiary/aromatic N) is 4. The number of hydrogen-bond acceptors (Lipinski definition) is 6. The number of anilines is 1. The number of amidine groups is 1. The summed E-state index contributed by atoms with van der Waals surface area (Å²) in [5.41, 5.74) is 15.5. The van der Waals surface area contributed by atoms with Crippen LogP contribution in [0.4, 0.5) is 11.5 Å². The molecule has 1 fully saturated rings. The van der Waals surface area contributed by atoms with Crippen LogP contribution in [0.5, 0.6) is 0 Å². The number of rotatable bonds is 4. The molecule has 1 saturated carbocycles. The lowest BCUT2D eigenvalue weighted by Crippen LogP contribution is -2.36. The van der Waals surface area contributed by atoms with E-state index in [0.717, 1.165) is 29.1 Å². The van der Waals surface area contributed by atoms with Gasteiger partial charge in [0.25, 0.3) is 0 Å². The van der Waals surface area contributed by atoms with Gasteiger partial charge in [-0.25, -0.2) is 15.0 Å². The molecule has 156 valence electrons. The third-order valence-corrected chi connectivity index (χ3v) is 7.82. The van der Waals surface area contributed by atoms with Crippen molar-refractivity contribution in [2.75, 3.05) is 5.73 Å². The van der Waals surface area contributed by atoms with Gasteiger partial charge in [-0.3, -0.25) is 0 Å². The van der Waals surface area contributed by atoms with Crippen LogP contribution in [0.1, 0.15) is 51.1 Å². The van der Waals surface area contributed by atoms with Crippen molar-refractivity contribution in [1.82, 2.24) is 14.5 Å². The molecule has 0 spiro atoms. The average molecular weight is 421 g/mol. The molecular formula is C23H28N6S. The first-order valence-electron chi connectivity index (χ1n) is 10.6. The van der Waals surface area contributed by atoms with E-state index in [9.17, 15) is 0 Å². The maximum atomic E-state index is 6.17. The summed E-state index contributed by atoms with van der Waals surface area (Å²) in [6.07, 6.45) is 9.59. The monoisotopic (exact) mass is 420 g/mol.